The zero-order valence-corrected chi connectivity index (χ0v) is 40.1. The van der Waals surface area contributed by atoms with Crippen molar-refractivity contribution in [2.24, 2.45) is 0 Å². The largest absolute Gasteiger partial charge is 0.507 e. The molecule has 3 aromatic heterocycles. The molecule has 64 heavy (non-hydrogen) atoms. The Kier molecular flexibility index (Phi) is 10.6. The molecule has 0 bridgehead atoms. The molecule has 0 amide bonds. The summed E-state index contributed by atoms with van der Waals surface area (Å²) < 4.78 is 8.56. The van der Waals surface area contributed by atoms with Gasteiger partial charge in [-0.25, -0.2) is 4.98 Å². The van der Waals surface area contributed by atoms with Crippen molar-refractivity contribution in [1.29, 1.82) is 0 Å². The Morgan fingerprint density at radius 2 is 1.28 bits per heavy atom. The summed E-state index contributed by atoms with van der Waals surface area (Å²) >= 11 is 0. The molecule has 5 nitrogen and oxygen atoms in total. The van der Waals surface area contributed by atoms with E-state index in [9.17, 15) is 5.11 Å². The van der Waals surface area contributed by atoms with Gasteiger partial charge in [-0.05, 0) is 74.0 Å². The van der Waals surface area contributed by atoms with Crippen molar-refractivity contribution in [3.05, 3.63) is 168 Å². The Bertz CT molecular complexity index is 3410. The van der Waals surface area contributed by atoms with E-state index in [0.29, 0.717) is 11.4 Å². The summed E-state index contributed by atoms with van der Waals surface area (Å²) in [6.07, 6.45) is 1.83. The second-order valence-electron chi connectivity index (χ2n) is 20.0. The standard InChI is InChI=1S/C58H52N3O2.Pt/c1-56(2,3)39-26-27-48(43(30-39)35-17-11-10-12-18-35)61-49-24-16-23-42(53(49)60-55(61)45-31-40(57(4,5)6)32-46(54(45)62)58(7,8)9)37-20-15-21-38(29-37)47-33-44-51(34-59-47)63-50-28-25-36-19-13-14-22-41(36)52(44)50;/h10-28,30-34,62H,1-9H3;/q-1;. The zero-order valence-electron chi connectivity index (χ0n) is 37.9. The molecule has 10 rings (SSSR count). The second kappa shape index (κ2) is 15.7. The van der Waals surface area contributed by atoms with Gasteiger partial charge in [0.1, 0.15) is 17.2 Å². The molecule has 0 unspecified atom stereocenters. The van der Waals surface area contributed by atoms with Crippen LogP contribution in [0.5, 0.6) is 5.75 Å². The number of aromatic hydroxyl groups is 1. The Labute approximate surface area is 390 Å². The molecule has 0 spiro atoms. The number of fused-ring (bicyclic) bond motifs is 6. The molecule has 7 aromatic carbocycles. The van der Waals surface area contributed by atoms with E-state index in [0.717, 1.165) is 88.7 Å². The van der Waals surface area contributed by atoms with Gasteiger partial charge in [0.15, 0.2) is 5.58 Å². The van der Waals surface area contributed by atoms with E-state index >= 15 is 0 Å². The fraction of sp³-hybridized carbons (Fsp3) is 0.207. The molecule has 0 fully saturated rings. The molecule has 0 aliphatic rings. The number of phenols is 1. The number of benzene rings is 7. The molecule has 0 aliphatic heterocycles. The number of imidazole rings is 1. The fourth-order valence-electron chi connectivity index (χ4n) is 8.97. The molecule has 6 heteroatoms. The van der Waals surface area contributed by atoms with Gasteiger partial charge in [0.2, 0.25) is 0 Å². The monoisotopic (exact) mass is 1020 g/mol. The van der Waals surface area contributed by atoms with E-state index in [1.807, 2.05) is 12.3 Å². The van der Waals surface area contributed by atoms with Gasteiger partial charge in [-0.2, -0.15) is 0 Å². The Balaban J connectivity index is 0.00000518. The third-order valence-electron chi connectivity index (χ3n) is 12.5. The Morgan fingerprint density at radius 3 is 2.03 bits per heavy atom. The van der Waals surface area contributed by atoms with Crippen LogP contribution in [0.25, 0.3) is 94.3 Å². The van der Waals surface area contributed by atoms with E-state index in [1.54, 1.807) is 0 Å². The number of nitrogens with zero attached hydrogens (tertiary/aromatic N) is 3. The van der Waals surface area contributed by atoms with Crippen LogP contribution in [0.3, 0.4) is 0 Å². The average molecular weight is 1020 g/mol. The summed E-state index contributed by atoms with van der Waals surface area (Å²) in [6, 6.07) is 52.7. The first-order valence-electron chi connectivity index (χ1n) is 21.9. The first-order chi connectivity index (χ1) is 30.0. The number of hydrogen-bond donors (Lipinski definition) is 1. The van der Waals surface area contributed by atoms with Crippen LogP contribution in [-0.2, 0) is 37.3 Å². The second-order valence-corrected chi connectivity index (χ2v) is 20.0. The van der Waals surface area contributed by atoms with Crippen molar-refractivity contribution in [3.63, 3.8) is 0 Å². The third kappa shape index (κ3) is 7.44. The minimum Gasteiger partial charge on any atom is -0.507 e. The number of aromatic nitrogens is 3. The van der Waals surface area contributed by atoms with Gasteiger partial charge in [0, 0.05) is 48.7 Å². The maximum Gasteiger partial charge on any atom is 0.152 e. The van der Waals surface area contributed by atoms with E-state index in [-0.39, 0.29) is 43.1 Å². The van der Waals surface area contributed by atoms with Crippen LogP contribution < -0.4 is 0 Å². The van der Waals surface area contributed by atoms with Crippen molar-refractivity contribution >= 4 is 43.7 Å². The summed E-state index contributed by atoms with van der Waals surface area (Å²) in [7, 11) is 0. The molecular formula is C58H52N3O2Pt-. The van der Waals surface area contributed by atoms with Crippen molar-refractivity contribution < 1.29 is 30.6 Å². The number of phenolic OH excluding ortho intramolecular Hbond substituents is 1. The average Bonchev–Trinajstić information content (AvgIpc) is 3.84. The van der Waals surface area contributed by atoms with Gasteiger partial charge in [-0.15, -0.1) is 29.8 Å². The molecule has 0 saturated heterocycles. The van der Waals surface area contributed by atoms with Crippen LogP contribution in [0.1, 0.15) is 79.0 Å². The molecule has 1 N–H and O–H groups in total. The van der Waals surface area contributed by atoms with E-state index in [4.69, 9.17) is 14.4 Å². The van der Waals surface area contributed by atoms with Crippen LogP contribution in [0, 0.1) is 6.07 Å². The molecule has 0 saturated carbocycles. The van der Waals surface area contributed by atoms with Gasteiger partial charge in [0.05, 0.1) is 28.5 Å². The summed E-state index contributed by atoms with van der Waals surface area (Å²) in [6.45, 7) is 19.9. The third-order valence-corrected chi connectivity index (χ3v) is 12.5. The summed E-state index contributed by atoms with van der Waals surface area (Å²) in [5.41, 5.74) is 13.4. The van der Waals surface area contributed by atoms with Crippen LogP contribution in [0.2, 0.25) is 0 Å². The predicted molar refractivity (Wildman–Crippen MR) is 262 cm³/mol. The van der Waals surface area contributed by atoms with Crippen LogP contribution in [-0.4, -0.2) is 19.6 Å². The summed E-state index contributed by atoms with van der Waals surface area (Å²) in [5, 5.41) is 16.9. The number of furan rings is 1. The molecule has 0 aliphatic carbocycles. The van der Waals surface area contributed by atoms with Crippen LogP contribution >= 0.6 is 0 Å². The topological polar surface area (TPSA) is 64.1 Å². The van der Waals surface area contributed by atoms with Crippen molar-refractivity contribution in [2.75, 3.05) is 0 Å². The molecule has 3 heterocycles. The maximum atomic E-state index is 12.5. The van der Waals surface area contributed by atoms with Gasteiger partial charge in [-0.1, -0.05) is 164 Å². The quantitative estimate of drug-likeness (QED) is 0.175. The van der Waals surface area contributed by atoms with E-state index < -0.39 is 0 Å². The molecular weight excluding hydrogens is 966 g/mol. The first kappa shape index (κ1) is 43.0. The van der Waals surface area contributed by atoms with Crippen LogP contribution in [0.4, 0.5) is 0 Å². The Morgan fingerprint density at radius 1 is 0.578 bits per heavy atom. The van der Waals surface area contributed by atoms with Gasteiger partial charge >= 0.3 is 0 Å². The fourth-order valence-corrected chi connectivity index (χ4v) is 8.97. The van der Waals surface area contributed by atoms with Gasteiger partial charge < -0.3 is 9.52 Å². The number of rotatable bonds is 5. The molecule has 10 aromatic rings. The van der Waals surface area contributed by atoms with Crippen molar-refractivity contribution in [1.82, 2.24) is 14.5 Å². The normalized spacial score (nSPS) is 12.4. The predicted octanol–water partition coefficient (Wildman–Crippen LogP) is 15.5. The maximum absolute atomic E-state index is 12.5. The van der Waals surface area contributed by atoms with Gasteiger partial charge in [0.25, 0.3) is 0 Å². The molecule has 322 valence electrons. The SMILES string of the molecule is CC(C)(C)c1ccc(-n2c(-c3cc(C(C)(C)C)cc(C(C)(C)C)c3O)nc3c(-c4[c-]c(-c5cc6c(cn5)oc5ccc7ccccc7c56)ccc4)cccc32)c(-c2ccccc2)c1.[Pt]. The van der Waals surface area contributed by atoms with E-state index in [1.165, 1.54) is 10.9 Å². The number of pyridine rings is 1. The first-order valence-corrected chi connectivity index (χ1v) is 21.9. The van der Waals surface area contributed by atoms with Crippen molar-refractivity contribution in [2.45, 2.75) is 78.6 Å². The smallest absolute Gasteiger partial charge is 0.152 e. The van der Waals surface area contributed by atoms with Crippen LogP contribution in [0.15, 0.2) is 150 Å². The Hall–Kier alpha value is -6.29. The summed E-state index contributed by atoms with van der Waals surface area (Å²) in [4.78, 5) is 10.5. The zero-order chi connectivity index (χ0) is 44.0. The van der Waals surface area contributed by atoms with E-state index in [2.05, 4.69) is 206 Å². The molecule has 0 radical (unpaired) electrons. The molecule has 0 atom stereocenters. The van der Waals surface area contributed by atoms with Gasteiger partial charge in [-0.3, -0.25) is 9.55 Å². The number of hydrogen-bond acceptors (Lipinski definition) is 4. The minimum atomic E-state index is -0.325. The number of para-hydroxylation sites is 1. The minimum absolute atomic E-state index is 0. The van der Waals surface area contributed by atoms with Crippen molar-refractivity contribution in [3.8, 4) is 56.3 Å². The summed E-state index contributed by atoms with van der Waals surface area (Å²) in [5.74, 6) is 0.922.